The second-order valence-electron chi connectivity index (χ2n) is 7.54. The molecule has 8 heteroatoms. The summed E-state index contributed by atoms with van der Waals surface area (Å²) in [7, 11) is -3.24. The monoisotopic (exact) mass is 520 g/mol. The number of nitrogens with one attached hydrogen (secondary N) is 2. The van der Waals surface area contributed by atoms with Crippen LogP contribution in [0.3, 0.4) is 0 Å². The molecule has 158 valence electrons. The maximum Gasteiger partial charge on any atom is 0.213 e. The summed E-state index contributed by atoms with van der Waals surface area (Å²) in [4.78, 5) is 6.83. The molecule has 6 nitrogen and oxygen atoms in total. The van der Waals surface area contributed by atoms with Crippen LogP contribution < -0.4 is 10.0 Å². The first-order valence-electron chi connectivity index (χ1n) is 10.1. The molecule has 0 aromatic heterocycles. The summed E-state index contributed by atoms with van der Waals surface area (Å²) >= 11 is 0. The normalized spacial score (nSPS) is 20.5. The maximum atomic E-state index is 12.2. The number of aliphatic imine (C=N–C) groups is 1. The van der Waals surface area contributed by atoms with Crippen LogP contribution in [-0.2, 0) is 10.0 Å². The maximum absolute atomic E-state index is 12.2. The fourth-order valence-electron chi connectivity index (χ4n) is 3.66. The van der Waals surface area contributed by atoms with E-state index in [1.165, 1.54) is 12.0 Å². The van der Waals surface area contributed by atoms with Gasteiger partial charge in [-0.05, 0) is 37.7 Å². The molecule has 3 rings (SSSR count). The van der Waals surface area contributed by atoms with Crippen LogP contribution in [0, 0.1) is 5.92 Å². The van der Waals surface area contributed by atoms with Gasteiger partial charge in [-0.3, -0.25) is 4.99 Å². The van der Waals surface area contributed by atoms with E-state index in [9.17, 15) is 8.42 Å². The molecule has 1 aromatic rings. The van der Waals surface area contributed by atoms with E-state index in [1.54, 1.807) is 0 Å². The number of rotatable bonds is 8. The molecule has 1 aliphatic heterocycles. The van der Waals surface area contributed by atoms with Gasteiger partial charge in [-0.25, -0.2) is 13.1 Å². The standard InChI is InChI=1S/C20H32N4O2S.HI/c1-2-21-20(22-12-14-27(25,26)23-15-17-7-6-8-17)24-13-11-19(16-24)18-9-4-3-5-10-18;/h3-5,9-10,17,19,23H,2,6-8,11-16H2,1H3,(H,21,22);1H. The minimum atomic E-state index is -3.24. The Morgan fingerprint density at radius 1 is 1.21 bits per heavy atom. The Kier molecular flexibility index (Phi) is 9.49. The second kappa shape index (κ2) is 11.3. The quantitative estimate of drug-likeness (QED) is 0.314. The number of likely N-dealkylation sites (tertiary alicyclic amines) is 1. The van der Waals surface area contributed by atoms with Crippen LogP contribution in [0.15, 0.2) is 35.3 Å². The highest BCUT2D eigenvalue weighted by molar-refractivity contribution is 14.0. The SMILES string of the molecule is CCNC(=NCCS(=O)(=O)NCC1CCC1)N1CCC(c2ccccc2)C1.I. The number of sulfonamides is 1. The molecule has 2 fully saturated rings. The molecule has 1 aliphatic carbocycles. The number of nitrogens with zero attached hydrogens (tertiary/aromatic N) is 2. The van der Waals surface area contributed by atoms with Gasteiger partial charge in [0.2, 0.25) is 10.0 Å². The van der Waals surface area contributed by atoms with Crippen LogP contribution >= 0.6 is 24.0 Å². The Morgan fingerprint density at radius 3 is 2.61 bits per heavy atom. The largest absolute Gasteiger partial charge is 0.357 e. The molecular formula is C20H33IN4O2S. The average molecular weight is 520 g/mol. The van der Waals surface area contributed by atoms with Crippen molar-refractivity contribution in [2.24, 2.45) is 10.9 Å². The third kappa shape index (κ3) is 6.88. The average Bonchev–Trinajstić information content (AvgIpc) is 3.10. The fraction of sp³-hybridized carbons (Fsp3) is 0.650. The zero-order valence-corrected chi connectivity index (χ0v) is 19.8. The molecule has 0 radical (unpaired) electrons. The smallest absolute Gasteiger partial charge is 0.213 e. The van der Waals surface area contributed by atoms with Crippen LogP contribution in [-0.4, -0.2) is 57.8 Å². The summed E-state index contributed by atoms with van der Waals surface area (Å²) in [5, 5.41) is 3.31. The molecule has 2 aliphatic rings. The highest BCUT2D eigenvalue weighted by atomic mass is 127. The summed E-state index contributed by atoms with van der Waals surface area (Å²) in [5.41, 5.74) is 1.36. The molecule has 1 atom stereocenters. The van der Waals surface area contributed by atoms with Crippen molar-refractivity contribution in [1.29, 1.82) is 0 Å². The van der Waals surface area contributed by atoms with E-state index in [0.29, 0.717) is 18.4 Å². The van der Waals surface area contributed by atoms with Crippen molar-refractivity contribution in [2.45, 2.75) is 38.5 Å². The van der Waals surface area contributed by atoms with Crippen molar-refractivity contribution in [2.75, 3.05) is 38.5 Å². The van der Waals surface area contributed by atoms with Gasteiger partial charge in [-0.2, -0.15) is 0 Å². The van der Waals surface area contributed by atoms with Crippen LogP contribution in [0.1, 0.15) is 44.1 Å². The fourth-order valence-corrected chi connectivity index (χ4v) is 4.63. The van der Waals surface area contributed by atoms with E-state index >= 15 is 0 Å². The van der Waals surface area contributed by atoms with E-state index in [-0.39, 0.29) is 36.3 Å². The van der Waals surface area contributed by atoms with Gasteiger partial charge in [0.05, 0.1) is 12.3 Å². The summed E-state index contributed by atoms with van der Waals surface area (Å²) in [5.74, 6) is 1.90. The van der Waals surface area contributed by atoms with Crippen molar-refractivity contribution >= 4 is 40.0 Å². The van der Waals surface area contributed by atoms with Gasteiger partial charge in [0.15, 0.2) is 5.96 Å². The first-order valence-corrected chi connectivity index (χ1v) is 11.8. The highest BCUT2D eigenvalue weighted by Crippen LogP contribution is 2.27. The molecule has 1 saturated carbocycles. The summed E-state index contributed by atoms with van der Waals surface area (Å²) < 4.78 is 27.1. The number of guanidine groups is 1. The van der Waals surface area contributed by atoms with Gasteiger partial charge >= 0.3 is 0 Å². The molecule has 0 amide bonds. The number of halogens is 1. The van der Waals surface area contributed by atoms with Gasteiger partial charge in [0, 0.05) is 32.1 Å². The molecule has 1 aromatic carbocycles. The van der Waals surface area contributed by atoms with Crippen LogP contribution in [0.5, 0.6) is 0 Å². The zero-order valence-electron chi connectivity index (χ0n) is 16.6. The van der Waals surface area contributed by atoms with Gasteiger partial charge in [0.1, 0.15) is 0 Å². The lowest BCUT2D eigenvalue weighted by Crippen LogP contribution is -2.40. The third-order valence-electron chi connectivity index (χ3n) is 5.53. The number of hydrogen-bond donors (Lipinski definition) is 2. The van der Waals surface area contributed by atoms with Crippen molar-refractivity contribution in [3.05, 3.63) is 35.9 Å². The van der Waals surface area contributed by atoms with Crippen molar-refractivity contribution in [3.8, 4) is 0 Å². The van der Waals surface area contributed by atoms with Crippen molar-refractivity contribution in [3.63, 3.8) is 0 Å². The Hall–Kier alpha value is -0.870. The van der Waals surface area contributed by atoms with Crippen LogP contribution in [0.25, 0.3) is 0 Å². The van der Waals surface area contributed by atoms with E-state index in [0.717, 1.165) is 44.9 Å². The number of benzene rings is 1. The lowest BCUT2D eigenvalue weighted by molar-refractivity contribution is 0.316. The Bertz CT molecular complexity index is 723. The predicted octanol–water partition coefficient (Wildman–Crippen LogP) is 2.78. The summed E-state index contributed by atoms with van der Waals surface area (Å²) in [6.45, 7) is 5.54. The summed E-state index contributed by atoms with van der Waals surface area (Å²) in [6.07, 6.45) is 4.60. The van der Waals surface area contributed by atoms with Gasteiger partial charge < -0.3 is 10.2 Å². The van der Waals surface area contributed by atoms with Gasteiger partial charge in [0.25, 0.3) is 0 Å². The van der Waals surface area contributed by atoms with Gasteiger partial charge in [-0.15, -0.1) is 24.0 Å². The minimum Gasteiger partial charge on any atom is -0.357 e. The first-order chi connectivity index (χ1) is 13.1. The Morgan fingerprint density at radius 2 is 1.96 bits per heavy atom. The number of hydrogen-bond acceptors (Lipinski definition) is 3. The Labute approximate surface area is 186 Å². The molecule has 1 saturated heterocycles. The van der Waals surface area contributed by atoms with E-state index < -0.39 is 10.0 Å². The summed E-state index contributed by atoms with van der Waals surface area (Å²) in [6, 6.07) is 10.6. The molecule has 0 spiro atoms. The topological polar surface area (TPSA) is 73.8 Å². The van der Waals surface area contributed by atoms with E-state index in [1.807, 2.05) is 13.0 Å². The van der Waals surface area contributed by atoms with Crippen molar-refractivity contribution in [1.82, 2.24) is 14.9 Å². The zero-order chi connectivity index (χ0) is 19.1. The Balaban J connectivity index is 0.00000280. The lowest BCUT2D eigenvalue weighted by atomic mass is 9.86. The minimum absolute atomic E-state index is 0. The van der Waals surface area contributed by atoms with Crippen LogP contribution in [0.4, 0.5) is 0 Å². The first kappa shape index (κ1) is 23.4. The molecule has 1 heterocycles. The molecule has 28 heavy (non-hydrogen) atoms. The van der Waals surface area contributed by atoms with E-state index in [2.05, 4.69) is 44.2 Å². The lowest BCUT2D eigenvalue weighted by Gasteiger charge is -2.25. The molecule has 2 N–H and O–H groups in total. The molecule has 1 unspecified atom stereocenters. The van der Waals surface area contributed by atoms with Gasteiger partial charge in [-0.1, -0.05) is 36.8 Å². The van der Waals surface area contributed by atoms with E-state index in [4.69, 9.17) is 0 Å². The molecular weight excluding hydrogens is 487 g/mol. The van der Waals surface area contributed by atoms with Crippen molar-refractivity contribution < 1.29 is 8.42 Å². The predicted molar refractivity (Wildman–Crippen MR) is 126 cm³/mol. The highest BCUT2D eigenvalue weighted by Gasteiger charge is 2.26. The van der Waals surface area contributed by atoms with Crippen LogP contribution in [0.2, 0.25) is 0 Å². The third-order valence-corrected chi connectivity index (χ3v) is 6.86. The molecule has 0 bridgehead atoms. The second-order valence-corrected chi connectivity index (χ2v) is 9.47.